The summed E-state index contributed by atoms with van der Waals surface area (Å²) in [5, 5.41) is 0. The van der Waals surface area contributed by atoms with Crippen LogP contribution in [0.5, 0.6) is 0 Å². The van der Waals surface area contributed by atoms with Gasteiger partial charge in [-0.25, -0.2) is 0 Å². The molecule has 0 aliphatic heterocycles. The van der Waals surface area contributed by atoms with Crippen LogP contribution < -0.4 is 0 Å². The van der Waals surface area contributed by atoms with Crippen molar-refractivity contribution in [2.75, 3.05) is 5.75 Å². The maximum Gasteiger partial charge on any atom is 0.673 e. The zero-order valence-electron chi connectivity index (χ0n) is 11.7. The van der Waals surface area contributed by atoms with Gasteiger partial charge in [0.1, 0.15) is 5.75 Å². The van der Waals surface area contributed by atoms with Crippen LogP contribution in [0.25, 0.3) is 0 Å². The van der Waals surface area contributed by atoms with Gasteiger partial charge in [0.15, 0.2) is 19.7 Å². The first-order valence-electron chi connectivity index (χ1n) is 6.37. The Morgan fingerprint density at radius 3 is 1.45 bits per heavy atom. The average molecular weight is 330 g/mol. The van der Waals surface area contributed by atoms with Crippen LogP contribution in [0, 0.1) is 0 Å². The second kappa shape index (κ2) is 7.94. The van der Waals surface area contributed by atoms with E-state index in [2.05, 4.69) is 6.58 Å². The van der Waals surface area contributed by atoms with Crippen LogP contribution in [-0.4, -0.2) is 13.0 Å². The Labute approximate surface area is 128 Å². The van der Waals surface area contributed by atoms with Crippen LogP contribution in [-0.2, 0) is 14.1 Å². The number of benzene rings is 2. The quantitative estimate of drug-likeness (QED) is 0.330. The van der Waals surface area contributed by atoms with Gasteiger partial charge in [-0.2, -0.15) is 0 Å². The van der Waals surface area contributed by atoms with Crippen LogP contribution in [0.4, 0.5) is 17.3 Å². The first kappa shape index (κ1) is 18.2. The van der Waals surface area contributed by atoms with E-state index in [9.17, 15) is 21.5 Å². The fraction of sp³-hybridized carbons (Fsp3) is 0.0667. The van der Waals surface area contributed by atoms with E-state index in [1.165, 1.54) is 0 Å². The molecule has 0 radical (unpaired) electrons. The van der Waals surface area contributed by atoms with Crippen molar-refractivity contribution in [1.82, 2.24) is 0 Å². The van der Waals surface area contributed by atoms with Crippen LogP contribution in [0.3, 0.4) is 0 Å². The van der Waals surface area contributed by atoms with E-state index in [4.69, 9.17) is 0 Å². The molecule has 0 heterocycles. The van der Waals surface area contributed by atoms with Gasteiger partial charge in [-0.1, -0.05) is 47.2 Å². The van der Waals surface area contributed by atoms with Gasteiger partial charge in [0.2, 0.25) is 0 Å². The fourth-order valence-corrected chi connectivity index (χ4v) is 3.96. The van der Waals surface area contributed by atoms with Gasteiger partial charge in [-0.15, -0.1) is 0 Å². The Bertz CT molecular complexity index is 579. The van der Waals surface area contributed by atoms with Gasteiger partial charge < -0.3 is 17.3 Å². The molecule has 2 aromatic carbocycles. The Morgan fingerprint density at radius 2 is 1.18 bits per heavy atom. The van der Waals surface area contributed by atoms with E-state index < -0.39 is 17.2 Å². The number of rotatable bonds is 4. The van der Waals surface area contributed by atoms with Crippen LogP contribution >= 0.6 is 0 Å². The molecule has 1 nitrogen and oxygen atoms in total. The summed E-state index contributed by atoms with van der Waals surface area (Å²) in [7, 11) is -8.21. The van der Waals surface area contributed by atoms with Crippen molar-refractivity contribution in [3.8, 4) is 0 Å². The molecule has 0 fully saturated rings. The molecule has 0 saturated heterocycles. The summed E-state index contributed by atoms with van der Waals surface area (Å²) in [6.07, 6.45) is 1.72. The summed E-state index contributed by atoms with van der Waals surface area (Å²) in [5.74, 6) is 0.473. The number of halogens is 4. The lowest BCUT2D eigenvalue weighted by molar-refractivity contribution is 0.368. The third-order valence-electron chi connectivity index (χ3n) is 2.60. The van der Waals surface area contributed by atoms with E-state index >= 15 is 0 Å². The van der Waals surface area contributed by atoms with Crippen molar-refractivity contribution in [1.29, 1.82) is 0 Å². The van der Waals surface area contributed by atoms with Gasteiger partial charge >= 0.3 is 7.25 Å². The van der Waals surface area contributed by atoms with Crippen molar-refractivity contribution in [3.63, 3.8) is 0 Å². The SMILES string of the molecule is C=CC[S+](=O)(c1ccccc1)c1ccccc1.F[B-](F)(F)F. The molecule has 0 N–H and O–H groups in total. The smallest absolute Gasteiger partial charge is 0.418 e. The highest BCUT2D eigenvalue weighted by molar-refractivity contribution is 8.03. The van der Waals surface area contributed by atoms with Crippen LogP contribution in [0.2, 0.25) is 0 Å². The minimum absolute atomic E-state index is 0.473. The molecule has 0 aromatic heterocycles. The van der Waals surface area contributed by atoms with Crippen molar-refractivity contribution < 1.29 is 21.5 Å². The predicted molar refractivity (Wildman–Crippen MR) is 82.7 cm³/mol. The zero-order chi connectivity index (χ0) is 16.6. The number of hydrogen-bond acceptors (Lipinski definition) is 1. The van der Waals surface area contributed by atoms with E-state index in [0.29, 0.717) is 5.75 Å². The zero-order valence-corrected chi connectivity index (χ0v) is 12.5. The molecular weight excluding hydrogens is 315 g/mol. The fourth-order valence-electron chi connectivity index (χ4n) is 1.78. The largest absolute Gasteiger partial charge is 0.673 e. The average Bonchev–Trinajstić information content (AvgIpc) is 2.47. The minimum Gasteiger partial charge on any atom is -0.418 e. The summed E-state index contributed by atoms with van der Waals surface area (Å²) in [4.78, 5) is 1.73. The normalized spacial score (nSPS) is 11.3. The Hall–Kier alpha value is -1.89. The van der Waals surface area contributed by atoms with Crippen molar-refractivity contribution >= 4 is 17.2 Å². The topological polar surface area (TPSA) is 17.1 Å². The molecule has 2 rings (SSSR count). The molecule has 7 heteroatoms. The Morgan fingerprint density at radius 1 is 0.864 bits per heavy atom. The summed E-state index contributed by atoms with van der Waals surface area (Å²) in [5.41, 5.74) is 0. The minimum atomic E-state index is -6.00. The summed E-state index contributed by atoms with van der Waals surface area (Å²) in [6, 6.07) is 19.2. The van der Waals surface area contributed by atoms with Crippen LogP contribution in [0.15, 0.2) is 83.1 Å². The van der Waals surface area contributed by atoms with E-state index in [0.717, 1.165) is 9.79 Å². The molecule has 0 unspecified atom stereocenters. The molecule has 2 aromatic rings. The lowest BCUT2D eigenvalue weighted by Crippen LogP contribution is -2.15. The first-order chi connectivity index (χ1) is 10.3. The molecule has 0 saturated carbocycles. The molecule has 0 aliphatic rings. The maximum atomic E-state index is 13.1. The molecule has 0 aliphatic carbocycles. The predicted octanol–water partition coefficient (Wildman–Crippen LogP) is 5.09. The van der Waals surface area contributed by atoms with Gasteiger partial charge in [0, 0.05) is 0 Å². The number of hydrogen-bond donors (Lipinski definition) is 0. The lowest BCUT2D eigenvalue weighted by atomic mass is 10.3. The highest BCUT2D eigenvalue weighted by atomic mass is 32.2. The highest BCUT2D eigenvalue weighted by Gasteiger charge is 2.32. The molecule has 0 spiro atoms. The van der Waals surface area contributed by atoms with E-state index in [-0.39, 0.29) is 0 Å². The summed E-state index contributed by atoms with van der Waals surface area (Å²) < 4.78 is 52.1. The third kappa shape index (κ3) is 5.85. The molecule has 118 valence electrons. The molecule has 22 heavy (non-hydrogen) atoms. The summed E-state index contributed by atoms with van der Waals surface area (Å²) in [6.45, 7) is 3.72. The second-order valence-corrected chi connectivity index (χ2v) is 6.88. The van der Waals surface area contributed by atoms with Crippen LogP contribution in [0.1, 0.15) is 0 Å². The first-order valence-corrected chi connectivity index (χ1v) is 8.10. The van der Waals surface area contributed by atoms with Gasteiger partial charge in [0.05, 0.1) is 0 Å². The van der Waals surface area contributed by atoms with Crippen molar-refractivity contribution in [2.24, 2.45) is 0 Å². The lowest BCUT2D eigenvalue weighted by Gasteiger charge is -2.09. The molecular formula is C15H15BF4OS. The molecule has 0 amide bonds. The highest BCUT2D eigenvalue weighted by Crippen LogP contribution is 2.28. The van der Waals surface area contributed by atoms with E-state index in [1.54, 1.807) is 6.08 Å². The van der Waals surface area contributed by atoms with Gasteiger partial charge in [-0.05, 0) is 30.3 Å². The monoisotopic (exact) mass is 330 g/mol. The summed E-state index contributed by atoms with van der Waals surface area (Å²) >= 11 is 0. The van der Waals surface area contributed by atoms with Gasteiger partial charge in [-0.3, -0.25) is 0 Å². The van der Waals surface area contributed by atoms with E-state index in [1.807, 2.05) is 60.7 Å². The molecule has 0 bridgehead atoms. The molecule has 0 atom stereocenters. The van der Waals surface area contributed by atoms with Crippen molar-refractivity contribution in [3.05, 3.63) is 73.3 Å². The third-order valence-corrected chi connectivity index (χ3v) is 5.37. The Kier molecular flexibility index (Phi) is 6.55. The second-order valence-electron chi connectivity index (χ2n) is 4.25. The maximum absolute atomic E-state index is 13.1. The van der Waals surface area contributed by atoms with Crippen molar-refractivity contribution in [2.45, 2.75) is 9.79 Å². The van der Waals surface area contributed by atoms with Gasteiger partial charge in [0.25, 0.3) is 0 Å². The standard InChI is InChI=1S/C15H15OS.BF4/c1-2-13-17(16,14-9-5-3-6-10-14)15-11-7-4-8-12-15;2-1(3,4)5/h2-12H,1,13H2;/q+1;-1. The Balaban J connectivity index is 0.000000422.